The summed E-state index contributed by atoms with van der Waals surface area (Å²) in [6, 6.07) is 20.9. The van der Waals surface area contributed by atoms with E-state index in [0.29, 0.717) is 12.1 Å². The van der Waals surface area contributed by atoms with Crippen LogP contribution in [0.1, 0.15) is 34.0 Å². The molecule has 2 atom stereocenters. The van der Waals surface area contributed by atoms with Gasteiger partial charge in [0.2, 0.25) is 5.91 Å². The van der Waals surface area contributed by atoms with Crippen LogP contribution in [-0.4, -0.2) is 21.8 Å². The summed E-state index contributed by atoms with van der Waals surface area (Å²) in [6.07, 6.45) is 6.07. The van der Waals surface area contributed by atoms with Crippen LogP contribution in [0.15, 0.2) is 85.3 Å². The molecule has 5 rings (SSSR count). The van der Waals surface area contributed by atoms with Crippen LogP contribution in [0.3, 0.4) is 0 Å². The molecule has 6 heteroatoms. The quantitative estimate of drug-likeness (QED) is 0.485. The number of hydrogen-bond donors (Lipinski definition) is 2. The minimum absolute atomic E-state index is 0.0283. The van der Waals surface area contributed by atoms with Gasteiger partial charge in [-0.05, 0) is 65.8 Å². The maximum Gasteiger partial charge on any atom is 0.251 e. The Labute approximate surface area is 185 Å². The van der Waals surface area contributed by atoms with Crippen molar-refractivity contribution in [2.45, 2.75) is 18.9 Å². The molecular weight excluding hydrogens is 400 g/mol. The predicted octanol–water partition coefficient (Wildman–Crippen LogP) is 4.30. The molecule has 1 aliphatic carbocycles. The molecule has 0 saturated heterocycles. The van der Waals surface area contributed by atoms with Crippen molar-refractivity contribution >= 4 is 28.3 Å². The van der Waals surface area contributed by atoms with Crippen molar-refractivity contribution in [3.8, 4) is 0 Å². The largest absolute Gasteiger partial charge is 0.346 e. The SMILES string of the molecule is O=C(NCc1ccccn1)c1ccc(C2C[C@@H]2C(=O)Nc2ccc3cnccc3c2)cc1. The molecule has 6 nitrogen and oxygen atoms in total. The monoisotopic (exact) mass is 422 g/mol. The first-order chi connectivity index (χ1) is 15.7. The van der Waals surface area contributed by atoms with E-state index in [1.54, 1.807) is 18.6 Å². The molecule has 1 unspecified atom stereocenters. The molecule has 1 fully saturated rings. The van der Waals surface area contributed by atoms with E-state index in [-0.39, 0.29) is 23.7 Å². The van der Waals surface area contributed by atoms with Gasteiger partial charge in [-0.3, -0.25) is 19.6 Å². The third kappa shape index (κ3) is 4.34. The fraction of sp³-hybridized carbons (Fsp3) is 0.154. The van der Waals surface area contributed by atoms with E-state index in [4.69, 9.17) is 0 Å². The van der Waals surface area contributed by atoms with E-state index in [1.807, 2.05) is 66.7 Å². The third-order valence-electron chi connectivity index (χ3n) is 5.79. The lowest BCUT2D eigenvalue weighted by atomic mass is 10.1. The van der Waals surface area contributed by atoms with Gasteiger partial charge in [0.15, 0.2) is 0 Å². The Kier molecular flexibility index (Phi) is 5.34. The number of carbonyl (C=O) groups is 2. The molecule has 32 heavy (non-hydrogen) atoms. The first-order valence-corrected chi connectivity index (χ1v) is 10.6. The smallest absolute Gasteiger partial charge is 0.251 e. The number of nitrogens with one attached hydrogen (secondary N) is 2. The lowest BCUT2D eigenvalue weighted by Gasteiger charge is -2.07. The van der Waals surface area contributed by atoms with Gasteiger partial charge in [-0.2, -0.15) is 0 Å². The second-order valence-electron chi connectivity index (χ2n) is 8.00. The summed E-state index contributed by atoms with van der Waals surface area (Å²) in [5.74, 6) is 0.0247. The van der Waals surface area contributed by atoms with Crippen LogP contribution in [0.2, 0.25) is 0 Å². The summed E-state index contributed by atoms with van der Waals surface area (Å²) in [6.45, 7) is 0.386. The fourth-order valence-corrected chi connectivity index (χ4v) is 3.91. The summed E-state index contributed by atoms with van der Waals surface area (Å²) in [5, 5.41) is 7.99. The van der Waals surface area contributed by atoms with Gasteiger partial charge >= 0.3 is 0 Å². The fourth-order valence-electron chi connectivity index (χ4n) is 3.91. The van der Waals surface area contributed by atoms with Gasteiger partial charge in [0.1, 0.15) is 0 Å². The summed E-state index contributed by atoms with van der Waals surface area (Å²) < 4.78 is 0. The average Bonchev–Trinajstić information content (AvgIpc) is 3.64. The Morgan fingerprint density at radius 1 is 0.938 bits per heavy atom. The summed E-state index contributed by atoms with van der Waals surface area (Å²) in [5.41, 5.74) is 3.28. The van der Waals surface area contributed by atoms with Crippen molar-refractivity contribution in [2.75, 3.05) is 5.32 Å². The van der Waals surface area contributed by atoms with E-state index in [1.165, 1.54) is 0 Å². The molecule has 0 aliphatic heterocycles. The molecule has 158 valence electrons. The summed E-state index contributed by atoms with van der Waals surface area (Å²) in [4.78, 5) is 33.4. The zero-order valence-electron chi connectivity index (χ0n) is 17.4. The standard InChI is InChI=1S/C26H22N4O2/c31-25(29-16-22-3-1-2-11-28-22)18-6-4-17(5-7-18)23-14-24(23)26(32)30-21-9-8-20-15-27-12-10-19(20)13-21/h1-13,15,23-24H,14,16H2,(H,29,31)(H,30,32)/t23?,24-/m0/s1. The highest BCUT2D eigenvalue weighted by Gasteiger charge is 2.43. The number of benzene rings is 2. The van der Waals surface area contributed by atoms with E-state index in [0.717, 1.165) is 34.1 Å². The molecule has 2 aromatic carbocycles. The lowest BCUT2D eigenvalue weighted by molar-refractivity contribution is -0.117. The van der Waals surface area contributed by atoms with Gasteiger partial charge in [0, 0.05) is 41.1 Å². The van der Waals surface area contributed by atoms with Gasteiger partial charge in [0.25, 0.3) is 5.91 Å². The minimum atomic E-state index is -0.140. The Bertz CT molecular complexity index is 1270. The van der Waals surface area contributed by atoms with E-state index >= 15 is 0 Å². The summed E-state index contributed by atoms with van der Waals surface area (Å²) in [7, 11) is 0. The number of fused-ring (bicyclic) bond motifs is 1. The van der Waals surface area contributed by atoms with Crippen molar-refractivity contribution in [1.29, 1.82) is 0 Å². The number of aromatic nitrogens is 2. The molecule has 2 N–H and O–H groups in total. The normalized spacial score (nSPS) is 17.0. The molecular formula is C26H22N4O2. The van der Waals surface area contributed by atoms with Gasteiger partial charge in [-0.1, -0.05) is 24.3 Å². The number of amides is 2. The van der Waals surface area contributed by atoms with Crippen molar-refractivity contribution in [3.63, 3.8) is 0 Å². The number of anilines is 1. The van der Waals surface area contributed by atoms with Crippen molar-refractivity contribution in [3.05, 3.63) is 102 Å². The highest BCUT2D eigenvalue weighted by molar-refractivity contribution is 5.97. The molecule has 4 aromatic rings. The minimum Gasteiger partial charge on any atom is -0.346 e. The van der Waals surface area contributed by atoms with Crippen LogP contribution >= 0.6 is 0 Å². The predicted molar refractivity (Wildman–Crippen MR) is 123 cm³/mol. The molecule has 0 radical (unpaired) electrons. The number of nitrogens with zero attached hydrogens (tertiary/aromatic N) is 2. The zero-order valence-corrected chi connectivity index (χ0v) is 17.4. The van der Waals surface area contributed by atoms with Crippen molar-refractivity contribution < 1.29 is 9.59 Å². The van der Waals surface area contributed by atoms with Crippen LogP contribution in [0.5, 0.6) is 0 Å². The highest BCUT2D eigenvalue weighted by atomic mass is 16.2. The number of pyridine rings is 2. The molecule has 0 spiro atoms. The van der Waals surface area contributed by atoms with Crippen LogP contribution in [0, 0.1) is 5.92 Å². The maximum atomic E-state index is 12.7. The number of rotatable bonds is 6. The van der Waals surface area contributed by atoms with E-state index in [9.17, 15) is 9.59 Å². The Balaban J connectivity index is 1.17. The van der Waals surface area contributed by atoms with E-state index in [2.05, 4.69) is 20.6 Å². The molecule has 2 amide bonds. The van der Waals surface area contributed by atoms with Crippen LogP contribution in [0.4, 0.5) is 5.69 Å². The molecule has 2 heterocycles. The lowest BCUT2D eigenvalue weighted by Crippen LogP contribution is -2.23. The topological polar surface area (TPSA) is 84.0 Å². The Morgan fingerprint density at radius 3 is 2.62 bits per heavy atom. The Hall–Kier alpha value is -4.06. The molecule has 0 bridgehead atoms. The second kappa shape index (κ2) is 8.59. The first kappa shape index (κ1) is 19.9. The molecule has 1 saturated carbocycles. The third-order valence-corrected chi connectivity index (χ3v) is 5.79. The highest BCUT2D eigenvalue weighted by Crippen LogP contribution is 2.48. The second-order valence-corrected chi connectivity index (χ2v) is 8.00. The number of carbonyl (C=O) groups excluding carboxylic acids is 2. The van der Waals surface area contributed by atoms with Crippen LogP contribution < -0.4 is 10.6 Å². The van der Waals surface area contributed by atoms with Gasteiger partial charge in [-0.15, -0.1) is 0 Å². The van der Waals surface area contributed by atoms with Crippen molar-refractivity contribution in [2.24, 2.45) is 5.92 Å². The Morgan fingerprint density at radius 2 is 1.81 bits per heavy atom. The average molecular weight is 422 g/mol. The van der Waals surface area contributed by atoms with Gasteiger partial charge in [0.05, 0.1) is 12.2 Å². The van der Waals surface area contributed by atoms with Crippen LogP contribution in [0.25, 0.3) is 10.8 Å². The maximum absolute atomic E-state index is 12.7. The van der Waals surface area contributed by atoms with Gasteiger partial charge in [-0.25, -0.2) is 0 Å². The van der Waals surface area contributed by atoms with Crippen LogP contribution in [-0.2, 0) is 11.3 Å². The van der Waals surface area contributed by atoms with E-state index < -0.39 is 0 Å². The van der Waals surface area contributed by atoms with Gasteiger partial charge < -0.3 is 10.6 Å². The summed E-state index contributed by atoms with van der Waals surface area (Å²) >= 11 is 0. The zero-order chi connectivity index (χ0) is 21.9. The van der Waals surface area contributed by atoms with Crippen molar-refractivity contribution in [1.82, 2.24) is 15.3 Å². The molecule has 2 aromatic heterocycles. The first-order valence-electron chi connectivity index (χ1n) is 10.6. The number of hydrogen-bond acceptors (Lipinski definition) is 4. The molecule has 1 aliphatic rings.